The van der Waals surface area contributed by atoms with Crippen molar-refractivity contribution in [1.29, 1.82) is 5.26 Å². The highest BCUT2D eigenvalue weighted by Gasteiger charge is 2.34. The molecule has 17 heavy (non-hydrogen) atoms. The molecule has 0 spiro atoms. The maximum absolute atomic E-state index is 11.9. The zero-order chi connectivity index (χ0) is 13.2. The van der Waals surface area contributed by atoms with E-state index in [1.54, 1.807) is 0 Å². The molecule has 1 rings (SSSR count). The molecule has 0 saturated heterocycles. The normalized spacial score (nSPS) is 10.8. The van der Waals surface area contributed by atoms with Crippen LogP contribution in [0, 0.1) is 11.3 Å². The number of carbonyl (C=O) groups is 1. The molecule has 0 radical (unpaired) electrons. The lowest BCUT2D eigenvalue weighted by atomic mass is 10.2. The maximum Gasteiger partial charge on any atom is 0.574 e. The molecule has 9 heteroatoms. The molecule has 0 atom stereocenters. The Morgan fingerprint density at radius 2 is 2.18 bits per heavy atom. The lowest BCUT2D eigenvalue weighted by Gasteiger charge is -2.10. The van der Waals surface area contributed by atoms with E-state index in [2.05, 4.69) is 9.72 Å². The summed E-state index contributed by atoms with van der Waals surface area (Å²) in [6.45, 7) is 0. The van der Waals surface area contributed by atoms with Crippen LogP contribution in [0.4, 0.5) is 13.2 Å². The van der Waals surface area contributed by atoms with Gasteiger partial charge in [0, 0.05) is 6.20 Å². The Labute approximate surface area is 97.6 Å². The largest absolute Gasteiger partial charge is 0.574 e. The lowest BCUT2D eigenvalue weighted by Crippen LogP contribution is -2.20. The monoisotopic (exact) mass is 265 g/mol. The van der Waals surface area contributed by atoms with Gasteiger partial charge in [-0.05, 0) is 0 Å². The Kier molecular flexibility index (Phi) is 3.43. The lowest BCUT2D eigenvalue weighted by molar-refractivity contribution is -0.276. The molecule has 5 nitrogen and oxygen atoms in total. The molecule has 1 aromatic rings. The third-order valence-electron chi connectivity index (χ3n) is 1.57. The molecule has 0 aromatic carbocycles. The molecule has 0 saturated carbocycles. The number of nitriles is 1. The molecule has 0 aliphatic heterocycles. The number of nitrogens with two attached hydrogens (primary N) is 1. The summed E-state index contributed by atoms with van der Waals surface area (Å²) in [7, 11) is 0. The Morgan fingerprint density at radius 1 is 1.59 bits per heavy atom. The summed E-state index contributed by atoms with van der Waals surface area (Å²) in [5, 5.41) is 8.10. The van der Waals surface area contributed by atoms with Gasteiger partial charge in [-0.15, -0.1) is 13.2 Å². The predicted molar refractivity (Wildman–Crippen MR) is 49.2 cm³/mol. The Morgan fingerprint density at radius 3 is 2.59 bits per heavy atom. The molecule has 1 aromatic heterocycles. The molecule has 0 fully saturated rings. The Hall–Kier alpha value is -2.01. The smallest absolute Gasteiger partial charge is 0.386 e. The first-order valence-corrected chi connectivity index (χ1v) is 4.28. The van der Waals surface area contributed by atoms with E-state index in [1.807, 2.05) is 0 Å². The molecule has 2 N–H and O–H groups in total. The summed E-state index contributed by atoms with van der Waals surface area (Å²) in [6.07, 6.45) is -4.32. The quantitative estimate of drug-likeness (QED) is 0.879. The van der Waals surface area contributed by atoms with Crippen molar-refractivity contribution in [3.8, 4) is 11.9 Å². The number of alkyl halides is 3. The third kappa shape index (κ3) is 2.98. The van der Waals surface area contributed by atoms with E-state index in [-0.39, 0.29) is 5.56 Å². The SMILES string of the molecule is N#Cc1c(OC(F)(F)F)ncc(C(N)=O)c1Cl. The van der Waals surface area contributed by atoms with E-state index >= 15 is 0 Å². The number of halogens is 4. The number of amides is 1. The van der Waals surface area contributed by atoms with Crippen LogP contribution in [-0.2, 0) is 0 Å². The average molecular weight is 266 g/mol. The minimum absolute atomic E-state index is 0.363. The number of hydrogen-bond acceptors (Lipinski definition) is 4. The topological polar surface area (TPSA) is 89.0 Å². The molecule has 1 heterocycles. The first kappa shape index (κ1) is 13.1. The van der Waals surface area contributed by atoms with E-state index in [9.17, 15) is 18.0 Å². The highest BCUT2D eigenvalue weighted by molar-refractivity contribution is 6.35. The van der Waals surface area contributed by atoms with Crippen LogP contribution >= 0.6 is 11.6 Å². The van der Waals surface area contributed by atoms with E-state index < -0.39 is 28.7 Å². The van der Waals surface area contributed by atoms with Gasteiger partial charge in [-0.2, -0.15) is 5.26 Å². The minimum Gasteiger partial charge on any atom is -0.386 e. The summed E-state index contributed by atoms with van der Waals surface area (Å²) in [6, 6.07) is 1.35. The number of pyridine rings is 1. The van der Waals surface area contributed by atoms with Crippen molar-refractivity contribution in [2.75, 3.05) is 0 Å². The number of carbonyl (C=O) groups excluding carboxylic acids is 1. The van der Waals surface area contributed by atoms with Crippen molar-refractivity contribution < 1.29 is 22.7 Å². The molecule has 0 bridgehead atoms. The van der Waals surface area contributed by atoms with Gasteiger partial charge in [0.15, 0.2) is 0 Å². The summed E-state index contributed by atoms with van der Waals surface area (Å²) in [5.74, 6) is -2.05. The van der Waals surface area contributed by atoms with Gasteiger partial charge in [-0.25, -0.2) is 4.98 Å². The fraction of sp³-hybridized carbons (Fsp3) is 0.125. The third-order valence-corrected chi connectivity index (χ3v) is 1.96. The highest BCUT2D eigenvalue weighted by Crippen LogP contribution is 2.30. The van der Waals surface area contributed by atoms with Gasteiger partial charge in [0.05, 0.1) is 10.6 Å². The number of primary amides is 1. The van der Waals surface area contributed by atoms with Crippen molar-refractivity contribution in [3.05, 3.63) is 22.3 Å². The molecule has 0 unspecified atom stereocenters. The fourth-order valence-electron chi connectivity index (χ4n) is 0.929. The van der Waals surface area contributed by atoms with Gasteiger partial charge >= 0.3 is 6.36 Å². The summed E-state index contributed by atoms with van der Waals surface area (Å²) in [5.41, 5.74) is 3.81. The van der Waals surface area contributed by atoms with E-state index in [4.69, 9.17) is 22.6 Å². The number of nitrogens with zero attached hydrogens (tertiary/aromatic N) is 2. The molecular formula is C8H3ClF3N3O2. The number of aromatic nitrogens is 1. The highest BCUT2D eigenvalue weighted by atomic mass is 35.5. The minimum atomic E-state index is -5.02. The van der Waals surface area contributed by atoms with Gasteiger partial charge in [-0.3, -0.25) is 4.79 Å². The van der Waals surface area contributed by atoms with Gasteiger partial charge in [0.2, 0.25) is 5.88 Å². The van der Waals surface area contributed by atoms with Crippen LogP contribution in [0.1, 0.15) is 15.9 Å². The zero-order valence-electron chi connectivity index (χ0n) is 7.88. The second-order valence-corrected chi connectivity index (χ2v) is 3.07. The van der Waals surface area contributed by atoms with Crippen LogP contribution in [0.2, 0.25) is 5.02 Å². The van der Waals surface area contributed by atoms with Crippen molar-refractivity contribution in [2.45, 2.75) is 6.36 Å². The van der Waals surface area contributed by atoms with E-state index in [0.717, 1.165) is 0 Å². The number of ether oxygens (including phenoxy) is 1. The van der Waals surface area contributed by atoms with Crippen molar-refractivity contribution in [3.63, 3.8) is 0 Å². The average Bonchev–Trinajstić information content (AvgIpc) is 2.15. The number of rotatable bonds is 2. The van der Waals surface area contributed by atoms with Crippen molar-refractivity contribution >= 4 is 17.5 Å². The summed E-state index contributed by atoms with van der Waals surface area (Å²) >= 11 is 5.53. The van der Waals surface area contributed by atoms with Gasteiger partial charge in [-0.1, -0.05) is 11.6 Å². The zero-order valence-corrected chi connectivity index (χ0v) is 8.63. The first-order valence-electron chi connectivity index (χ1n) is 3.90. The Bertz CT molecular complexity index is 510. The second kappa shape index (κ2) is 4.47. The standard InChI is InChI=1S/C8H3ClF3N3O2/c9-5-3(1-13)7(17-8(10,11)12)15-2-4(5)6(14)16/h2H,(H2,14,16). The molecule has 90 valence electrons. The second-order valence-electron chi connectivity index (χ2n) is 2.69. The summed E-state index contributed by atoms with van der Waals surface area (Å²) < 4.78 is 39.3. The fourth-order valence-corrected chi connectivity index (χ4v) is 1.19. The van der Waals surface area contributed by atoms with Crippen molar-refractivity contribution in [2.24, 2.45) is 5.73 Å². The molecule has 0 aliphatic carbocycles. The Balaban J connectivity index is 3.33. The van der Waals surface area contributed by atoms with Gasteiger partial charge in [0.1, 0.15) is 11.6 Å². The summed E-state index contributed by atoms with van der Waals surface area (Å²) in [4.78, 5) is 14.0. The van der Waals surface area contributed by atoms with Crippen molar-refractivity contribution in [1.82, 2.24) is 4.98 Å². The number of hydrogen-bond donors (Lipinski definition) is 1. The van der Waals surface area contributed by atoms with Crippen LogP contribution < -0.4 is 10.5 Å². The maximum atomic E-state index is 11.9. The molecule has 0 aliphatic rings. The molecule has 1 amide bonds. The van der Waals surface area contributed by atoms with Crippen LogP contribution in [0.3, 0.4) is 0 Å². The first-order chi connectivity index (χ1) is 7.76. The van der Waals surface area contributed by atoms with Crippen LogP contribution in [-0.4, -0.2) is 17.3 Å². The van der Waals surface area contributed by atoms with Gasteiger partial charge in [0.25, 0.3) is 5.91 Å². The van der Waals surface area contributed by atoms with E-state index in [0.29, 0.717) is 6.20 Å². The van der Waals surface area contributed by atoms with Crippen LogP contribution in [0.15, 0.2) is 6.20 Å². The predicted octanol–water partition coefficient (Wildman–Crippen LogP) is 1.60. The van der Waals surface area contributed by atoms with Gasteiger partial charge < -0.3 is 10.5 Å². The van der Waals surface area contributed by atoms with E-state index in [1.165, 1.54) is 6.07 Å². The van der Waals surface area contributed by atoms with Crippen LogP contribution in [0.25, 0.3) is 0 Å². The molecular weight excluding hydrogens is 263 g/mol. The van der Waals surface area contributed by atoms with Crippen LogP contribution in [0.5, 0.6) is 5.88 Å².